The van der Waals surface area contributed by atoms with Gasteiger partial charge in [0.25, 0.3) is 5.56 Å². The number of hydrogen-bond donors (Lipinski definition) is 8. The van der Waals surface area contributed by atoms with Gasteiger partial charge in [0.1, 0.15) is 30.6 Å². The monoisotopic (exact) mass is 1060 g/mol. The van der Waals surface area contributed by atoms with E-state index in [0.717, 1.165) is 0 Å². The lowest BCUT2D eigenvalue weighted by Crippen LogP contribution is -2.61. The van der Waals surface area contributed by atoms with Crippen LogP contribution in [0.15, 0.2) is 16.3 Å². The normalized spacial score (nSPS) is 38.3. The van der Waals surface area contributed by atoms with E-state index in [1.165, 1.54) is 24.9 Å². The van der Waals surface area contributed by atoms with Crippen molar-refractivity contribution in [3.05, 3.63) is 16.7 Å². The number of ether oxygens (including phenoxy) is 9. The van der Waals surface area contributed by atoms with Crippen LogP contribution in [0, 0.1) is 23.7 Å². The van der Waals surface area contributed by atoms with Gasteiger partial charge in [-0.1, -0.05) is 32.9 Å². The third kappa shape index (κ3) is 15.6. The Balaban J connectivity index is 0.000000623. The van der Waals surface area contributed by atoms with Crippen LogP contribution in [-0.2, 0) is 59.0 Å². The van der Waals surface area contributed by atoms with Gasteiger partial charge in [0, 0.05) is 44.4 Å². The van der Waals surface area contributed by atoms with Crippen molar-refractivity contribution in [2.75, 3.05) is 67.3 Å². The van der Waals surface area contributed by atoms with Gasteiger partial charge in [0.2, 0.25) is 12.7 Å². The first-order chi connectivity index (χ1) is 34.7. The molecule has 74 heavy (non-hydrogen) atoms. The molecule has 9 N–H and O–H groups in total. The van der Waals surface area contributed by atoms with E-state index < -0.39 is 102 Å². The second-order valence-electron chi connectivity index (χ2n) is 20.8. The lowest BCUT2D eigenvalue weighted by Gasteiger charge is -2.49. The SMILES string of the molecule is CC[C@H]1OC(=O)[C@H](C)[C@@H](O[C@H]2C[C@@](C)(OC)[C@@H](O)[C@H](C)O2)[C@H](C)[C@@H](O[C@@H]2O[C@H](C)C[C@H](N(C)C)[C@H]2O)[C@](C)(O)C[C@@H](C)/C(=N\OCOCCOC)[C@H](C)[C@@H](O)[C@]1(C)O.Nc1nc2c(ncn2COCCO)c(=O)[nH]1. The number of rotatable bonds is 17. The summed E-state index contributed by atoms with van der Waals surface area (Å²) in [6.45, 7) is 17.6. The highest BCUT2D eigenvalue weighted by molar-refractivity contribution is 5.88. The Hall–Kier alpha value is -3.51. The lowest BCUT2D eigenvalue weighted by molar-refractivity contribution is -0.317. The zero-order chi connectivity index (χ0) is 55.5. The fourth-order valence-corrected chi connectivity index (χ4v) is 10.2. The van der Waals surface area contributed by atoms with Crippen molar-refractivity contribution in [3.8, 4) is 0 Å². The number of aliphatic hydroxyl groups excluding tert-OH is 4. The number of oxime groups is 1. The Morgan fingerprint density at radius 3 is 2.26 bits per heavy atom. The van der Waals surface area contributed by atoms with Crippen molar-refractivity contribution in [2.45, 2.75) is 186 Å². The number of imidazole rings is 1. The second-order valence-corrected chi connectivity index (χ2v) is 20.8. The van der Waals surface area contributed by atoms with E-state index in [9.17, 15) is 35.1 Å². The minimum atomic E-state index is -1.97. The maximum Gasteiger partial charge on any atom is 0.311 e. The van der Waals surface area contributed by atoms with E-state index in [2.05, 4.69) is 20.1 Å². The molecule has 3 fully saturated rings. The number of nitrogens with one attached hydrogen (secondary N) is 1. The summed E-state index contributed by atoms with van der Waals surface area (Å²) >= 11 is 0. The zero-order valence-corrected chi connectivity index (χ0v) is 45.7. The molecule has 2 aromatic rings. The summed E-state index contributed by atoms with van der Waals surface area (Å²) in [6.07, 6.45) is -8.06. The summed E-state index contributed by atoms with van der Waals surface area (Å²) in [5.74, 6) is -4.11. The molecule has 0 spiro atoms. The van der Waals surface area contributed by atoms with Crippen LogP contribution in [0.1, 0.15) is 94.9 Å². The van der Waals surface area contributed by atoms with Crippen molar-refractivity contribution < 1.29 is 82.9 Å². The van der Waals surface area contributed by atoms with Crippen molar-refractivity contribution in [2.24, 2.45) is 28.8 Å². The van der Waals surface area contributed by atoms with Crippen LogP contribution in [0.25, 0.3) is 11.2 Å². The number of nitrogen functional groups attached to an aromatic ring is 1. The third-order valence-corrected chi connectivity index (χ3v) is 14.6. The van der Waals surface area contributed by atoms with Crippen molar-refractivity contribution >= 4 is 28.8 Å². The highest BCUT2D eigenvalue weighted by Gasteiger charge is 2.53. The number of nitrogens with two attached hydrogens (primary N) is 1. The number of H-pyrrole nitrogens is 1. The average Bonchev–Trinajstić information content (AvgIpc) is 3.75. The molecular formula is C49H87N7O18. The molecule has 0 saturated carbocycles. The van der Waals surface area contributed by atoms with Gasteiger partial charge >= 0.3 is 5.97 Å². The molecule has 426 valence electrons. The minimum absolute atomic E-state index is 0.0291. The van der Waals surface area contributed by atoms with Crippen molar-refractivity contribution in [1.29, 1.82) is 0 Å². The number of aromatic nitrogens is 4. The number of carbonyl (C=O) groups is 1. The van der Waals surface area contributed by atoms with Crippen molar-refractivity contribution in [1.82, 2.24) is 24.4 Å². The molecule has 18 atom stereocenters. The maximum absolute atomic E-state index is 14.3. The number of carbonyl (C=O) groups excluding carboxylic acids is 1. The van der Waals surface area contributed by atoms with Crippen LogP contribution in [-0.4, -0.2) is 213 Å². The Bertz CT molecular complexity index is 2130. The smallest absolute Gasteiger partial charge is 0.311 e. The summed E-state index contributed by atoms with van der Waals surface area (Å²) in [4.78, 5) is 43.4. The van der Waals surface area contributed by atoms with Gasteiger partial charge in [-0.15, -0.1) is 0 Å². The fraction of sp³-hybridized carbons (Fsp3) is 0.857. The molecular weight excluding hydrogens is 975 g/mol. The number of aromatic amines is 1. The number of methoxy groups -OCH3 is 2. The lowest BCUT2D eigenvalue weighted by atomic mass is 9.73. The average molecular weight is 1060 g/mol. The van der Waals surface area contributed by atoms with E-state index in [1.807, 2.05) is 32.8 Å². The van der Waals surface area contributed by atoms with Gasteiger partial charge in [0.15, 0.2) is 23.7 Å². The van der Waals surface area contributed by atoms with Gasteiger partial charge in [0.05, 0.1) is 86.1 Å². The van der Waals surface area contributed by atoms with Crippen LogP contribution in [0.3, 0.4) is 0 Å². The molecule has 0 amide bonds. The zero-order valence-electron chi connectivity index (χ0n) is 45.7. The minimum Gasteiger partial charge on any atom is -0.459 e. The molecule has 3 aliphatic rings. The molecule has 0 unspecified atom stereocenters. The third-order valence-electron chi connectivity index (χ3n) is 14.6. The summed E-state index contributed by atoms with van der Waals surface area (Å²) in [6, 6.07) is -0.328. The standard InChI is InChI=1S/C41H76N2O15.C8H11N5O3/c1-15-29-41(10,49)34(45)24(4)31(42-53-21-52-17-16-50-13)22(2)19-39(8,48)36(58-38-32(44)28(43(11)12)18-23(3)54-38)25(5)33(26(6)37(47)56-29)57-30-20-40(9,51-14)35(46)27(7)55-30;9-8-11-6-5(7(15)12-8)10-3-13(6)4-16-2-1-14/h22-30,32-36,38,44-46,48-49H,15-21H2,1-14H3;3,14H,1-2,4H2,(H3,9,11,12,15)/b42-31+;/t22-,23-,24+,25+,26-,27+,28+,29-,30+,32-,33+,34-,35+,36-,38+,39-,40-,41-;/m1./s1. The number of esters is 1. The van der Waals surface area contributed by atoms with E-state index in [-0.39, 0.29) is 81.8 Å². The number of fused-ring (bicyclic) bond motifs is 1. The van der Waals surface area contributed by atoms with E-state index in [4.69, 9.17) is 58.3 Å². The molecule has 0 bridgehead atoms. The van der Waals surface area contributed by atoms with Gasteiger partial charge < -0.3 is 88.7 Å². The van der Waals surface area contributed by atoms with Crippen molar-refractivity contribution in [3.63, 3.8) is 0 Å². The number of hydrogen-bond acceptors (Lipinski definition) is 23. The maximum atomic E-state index is 14.3. The van der Waals surface area contributed by atoms with Crippen LogP contribution >= 0.6 is 0 Å². The summed E-state index contributed by atoms with van der Waals surface area (Å²) in [5, 5.41) is 72.1. The van der Waals surface area contributed by atoms with E-state index in [1.54, 1.807) is 55.6 Å². The largest absolute Gasteiger partial charge is 0.459 e. The number of anilines is 1. The molecule has 5 rings (SSSR count). The van der Waals surface area contributed by atoms with Gasteiger partial charge in [-0.05, 0) is 74.9 Å². The summed E-state index contributed by atoms with van der Waals surface area (Å²) < 4.78 is 54.8. The van der Waals surface area contributed by atoms with Crippen LogP contribution in [0.2, 0.25) is 0 Å². The molecule has 5 heterocycles. The highest BCUT2D eigenvalue weighted by Crippen LogP contribution is 2.41. The number of nitrogens with zero attached hydrogens (tertiary/aromatic N) is 5. The predicted octanol–water partition coefficient (Wildman–Crippen LogP) is 0.878. The molecule has 25 heteroatoms. The first kappa shape index (κ1) is 63.0. The number of aliphatic hydroxyl groups is 6. The second kappa shape index (κ2) is 27.7. The summed E-state index contributed by atoms with van der Waals surface area (Å²) in [7, 11) is 6.76. The molecule has 25 nitrogen and oxygen atoms in total. The van der Waals surface area contributed by atoms with E-state index in [0.29, 0.717) is 24.4 Å². The molecule has 0 radical (unpaired) electrons. The van der Waals surface area contributed by atoms with Crippen LogP contribution < -0.4 is 11.3 Å². The molecule has 0 aliphatic carbocycles. The fourth-order valence-electron chi connectivity index (χ4n) is 10.2. The van der Waals surface area contributed by atoms with Crippen LogP contribution in [0.5, 0.6) is 0 Å². The van der Waals surface area contributed by atoms with Gasteiger partial charge in [-0.3, -0.25) is 19.1 Å². The van der Waals surface area contributed by atoms with Gasteiger partial charge in [-0.25, -0.2) is 4.98 Å². The first-order valence-corrected chi connectivity index (χ1v) is 25.4. The Morgan fingerprint density at radius 2 is 1.64 bits per heavy atom. The molecule has 0 aromatic carbocycles. The number of cyclic esters (lactones) is 1. The predicted molar refractivity (Wildman–Crippen MR) is 268 cm³/mol. The Morgan fingerprint density at radius 1 is 0.946 bits per heavy atom. The highest BCUT2D eigenvalue weighted by atomic mass is 16.7. The first-order valence-electron chi connectivity index (χ1n) is 25.4. The van der Waals surface area contributed by atoms with E-state index >= 15 is 0 Å². The number of likely N-dealkylation sites (N-methyl/N-ethyl adjacent to an activating group) is 1. The Labute approximate surface area is 433 Å². The topological polar surface area (TPSA) is 336 Å². The molecule has 3 aliphatic heterocycles. The Kier molecular flexibility index (Phi) is 23.6. The van der Waals surface area contributed by atoms with Gasteiger partial charge in [-0.2, -0.15) is 4.98 Å². The summed E-state index contributed by atoms with van der Waals surface area (Å²) in [5.41, 5.74) is 1.11. The molecule has 3 saturated heterocycles. The quantitative estimate of drug-likeness (QED) is 0.0472. The molecule has 2 aromatic heterocycles. The van der Waals surface area contributed by atoms with Crippen LogP contribution in [0.4, 0.5) is 5.95 Å².